The lowest BCUT2D eigenvalue weighted by atomic mass is 9.41. The van der Waals surface area contributed by atoms with Crippen LogP contribution in [0.25, 0.3) is 0 Å². The van der Waals surface area contributed by atoms with Crippen LogP contribution in [0.1, 0.15) is 65.7 Å². The molecular weight excluding hydrogens is 272 g/mol. The van der Waals surface area contributed by atoms with Crippen LogP contribution in [0.5, 0.6) is 0 Å². The Morgan fingerprint density at radius 3 is 2.45 bits per heavy atom. The molecule has 0 unspecified atom stereocenters. The highest BCUT2D eigenvalue weighted by atomic mass is 16.1. The van der Waals surface area contributed by atoms with Crippen LogP contribution >= 0.6 is 0 Å². The fraction of sp³-hybridized carbons (Fsp3) is 0.800. The second-order valence-corrected chi connectivity index (χ2v) is 9.28. The third-order valence-electron chi connectivity index (χ3n) is 8.27. The van der Waals surface area contributed by atoms with E-state index in [2.05, 4.69) is 27.4 Å². The van der Waals surface area contributed by atoms with Gasteiger partial charge in [-0.1, -0.05) is 27.4 Å². The van der Waals surface area contributed by atoms with Crippen molar-refractivity contribution < 1.29 is 9.59 Å². The highest BCUT2D eigenvalue weighted by molar-refractivity contribution is 6.03. The van der Waals surface area contributed by atoms with Crippen molar-refractivity contribution >= 4 is 11.6 Å². The van der Waals surface area contributed by atoms with E-state index in [-0.39, 0.29) is 16.2 Å². The molecule has 1 spiro atoms. The third-order valence-corrected chi connectivity index (χ3v) is 8.27. The van der Waals surface area contributed by atoms with E-state index >= 15 is 0 Å². The molecule has 0 aliphatic heterocycles. The molecule has 22 heavy (non-hydrogen) atoms. The fourth-order valence-corrected chi connectivity index (χ4v) is 7.14. The molecule has 0 saturated heterocycles. The van der Waals surface area contributed by atoms with Crippen LogP contribution in [0.2, 0.25) is 0 Å². The van der Waals surface area contributed by atoms with Gasteiger partial charge >= 0.3 is 0 Å². The van der Waals surface area contributed by atoms with Gasteiger partial charge in [0.1, 0.15) is 5.78 Å². The monoisotopic (exact) mass is 300 g/mol. The molecule has 0 amide bonds. The summed E-state index contributed by atoms with van der Waals surface area (Å²) in [7, 11) is 0. The maximum absolute atomic E-state index is 13.0. The summed E-state index contributed by atoms with van der Waals surface area (Å²) in [6.07, 6.45) is 7.05. The summed E-state index contributed by atoms with van der Waals surface area (Å²) in [4.78, 5) is 25.5. The molecule has 5 atom stereocenters. The van der Waals surface area contributed by atoms with Crippen LogP contribution in [-0.4, -0.2) is 11.6 Å². The normalized spacial score (nSPS) is 49.8. The molecule has 2 heteroatoms. The number of ketones is 2. The van der Waals surface area contributed by atoms with Gasteiger partial charge in [-0.2, -0.15) is 0 Å². The minimum Gasteiger partial charge on any atom is -0.299 e. The summed E-state index contributed by atoms with van der Waals surface area (Å²) < 4.78 is 0. The van der Waals surface area contributed by atoms with Gasteiger partial charge in [-0.25, -0.2) is 0 Å². The van der Waals surface area contributed by atoms with Crippen molar-refractivity contribution in [2.45, 2.75) is 65.7 Å². The zero-order valence-corrected chi connectivity index (χ0v) is 14.2. The number of hydrogen-bond donors (Lipinski definition) is 0. The SMILES string of the molecule is C=C1C(=O)[C@@]23CC[C@@H]4C(C)(C)C(=O)CC[C@@]4(C)[C@@H]2CC[C@@H]1C3. The zero-order chi connectivity index (χ0) is 15.9. The molecule has 4 saturated carbocycles. The van der Waals surface area contributed by atoms with Crippen molar-refractivity contribution in [2.24, 2.45) is 34.0 Å². The lowest BCUT2D eigenvalue weighted by Crippen LogP contribution is -2.59. The summed E-state index contributed by atoms with van der Waals surface area (Å²) >= 11 is 0. The first kappa shape index (κ1) is 14.7. The fourth-order valence-electron chi connectivity index (χ4n) is 7.14. The first-order chi connectivity index (χ1) is 10.2. The summed E-state index contributed by atoms with van der Waals surface area (Å²) in [5, 5.41) is 0. The molecule has 4 rings (SSSR count). The minimum absolute atomic E-state index is 0.123. The highest BCUT2D eigenvalue weighted by Crippen LogP contribution is 2.70. The second kappa shape index (κ2) is 4.13. The standard InChI is InChI=1S/C20H28O2/c1-12-13-5-6-15-19(4)9-8-16(21)18(2,3)14(19)7-10-20(15,11-13)17(12)22/h13-15H,1,5-11H2,2-4H3/t13-,14-,15+,19-,20-/m1/s1. The van der Waals surface area contributed by atoms with Crippen LogP contribution < -0.4 is 0 Å². The van der Waals surface area contributed by atoms with Gasteiger partial charge in [0, 0.05) is 17.3 Å². The Balaban J connectivity index is 1.80. The van der Waals surface area contributed by atoms with E-state index in [1.807, 2.05) is 0 Å². The van der Waals surface area contributed by atoms with E-state index in [1.54, 1.807) is 0 Å². The van der Waals surface area contributed by atoms with Crippen molar-refractivity contribution in [2.75, 3.05) is 0 Å². The van der Waals surface area contributed by atoms with Crippen LogP contribution in [-0.2, 0) is 9.59 Å². The first-order valence-corrected chi connectivity index (χ1v) is 9.00. The maximum atomic E-state index is 13.0. The number of hydrogen-bond acceptors (Lipinski definition) is 2. The minimum atomic E-state index is -0.218. The van der Waals surface area contributed by atoms with Crippen molar-refractivity contribution in [1.29, 1.82) is 0 Å². The molecule has 0 aromatic rings. The predicted molar refractivity (Wildman–Crippen MR) is 86.3 cm³/mol. The van der Waals surface area contributed by atoms with Gasteiger partial charge in [-0.05, 0) is 67.3 Å². The lowest BCUT2D eigenvalue weighted by Gasteiger charge is -2.62. The predicted octanol–water partition coefficient (Wildman–Crippen LogP) is 4.33. The first-order valence-electron chi connectivity index (χ1n) is 9.00. The summed E-state index contributed by atoms with van der Waals surface area (Å²) in [6, 6.07) is 0. The number of Topliss-reactive ketones (excluding diaryl/α,β-unsaturated/α-hetero) is 2. The zero-order valence-electron chi connectivity index (χ0n) is 14.2. The van der Waals surface area contributed by atoms with Gasteiger partial charge in [0.05, 0.1) is 0 Å². The number of rotatable bonds is 0. The smallest absolute Gasteiger partial charge is 0.165 e. The van der Waals surface area contributed by atoms with Crippen LogP contribution in [0.15, 0.2) is 12.2 Å². The molecule has 4 aliphatic carbocycles. The Labute approximate surface area is 133 Å². The lowest BCUT2D eigenvalue weighted by molar-refractivity contribution is -0.169. The molecular formula is C20H28O2. The van der Waals surface area contributed by atoms with E-state index in [9.17, 15) is 9.59 Å². The summed E-state index contributed by atoms with van der Waals surface area (Å²) in [5.41, 5.74) is 0.725. The Morgan fingerprint density at radius 2 is 1.73 bits per heavy atom. The maximum Gasteiger partial charge on any atom is 0.165 e. The Bertz CT molecular complexity index is 587. The van der Waals surface area contributed by atoms with E-state index in [4.69, 9.17) is 0 Å². The third kappa shape index (κ3) is 1.47. The average Bonchev–Trinajstić information content (AvgIpc) is 2.65. The molecule has 0 aromatic heterocycles. The van der Waals surface area contributed by atoms with Crippen molar-refractivity contribution in [3.05, 3.63) is 12.2 Å². The van der Waals surface area contributed by atoms with Crippen LogP contribution in [0, 0.1) is 34.0 Å². The quantitative estimate of drug-likeness (QED) is 0.624. The van der Waals surface area contributed by atoms with E-state index < -0.39 is 0 Å². The van der Waals surface area contributed by atoms with Gasteiger partial charge in [0.2, 0.25) is 0 Å². The van der Waals surface area contributed by atoms with Crippen molar-refractivity contribution in [3.8, 4) is 0 Å². The van der Waals surface area contributed by atoms with Crippen LogP contribution in [0.4, 0.5) is 0 Å². The molecule has 4 fully saturated rings. The molecule has 2 bridgehead atoms. The number of carbonyl (C=O) groups is 2. The van der Waals surface area contributed by atoms with Gasteiger partial charge in [0.15, 0.2) is 5.78 Å². The molecule has 4 aliphatic rings. The van der Waals surface area contributed by atoms with Gasteiger partial charge in [-0.15, -0.1) is 0 Å². The van der Waals surface area contributed by atoms with Gasteiger partial charge < -0.3 is 0 Å². The highest BCUT2D eigenvalue weighted by Gasteiger charge is 2.67. The number of carbonyl (C=O) groups excluding carboxylic acids is 2. The molecule has 0 aromatic carbocycles. The van der Waals surface area contributed by atoms with Crippen LogP contribution in [0.3, 0.4) is 0 Å². The van der Waals surface area contributed by atoms with Crippen molar-refractivity contribution in [1.82, 2.24) is 0 Å². The Hall–Kier alpha value is -0.920. The molecule has 0 radical (unpaired) electrons. The van der Waals surface area contributed by atoms with Gasteiger partial charge in [-0.3, -0.25) is 9.59 Å². The molecule has 2 nitrogen and oxygen atoms in total. The van der Waals surface area contributed by atoms with Gasteiger partial charge in [0.25, 0.3) is 0 Å². The average molecular weight is 300 g/mol. The molecule has 0 heterocycles. The number of fused-ring (bicyclic) bond motifs is 3. The van der Waals surface area contributed by atoms with Crippen molar-refractivity contribution in [3.63, 3.8) is 0 Å². The topological polar surface area (TPSA) is 34.1 Å². The summed E-state index contributed by atoms with van der Waals surface area (Å²) in [5.74, 6) is 2.17. The van der Waals surface area contributed by atoms with E-state index in [0.717, 1.165) is 44.1 Å². The summed E-state index contributed by atoms with van der Waals surface area (Å²) in [6.45, 7) is 10.8. The molecule has 120 valence electrons. The molecule has 0 N–H and O–H groups in total. The van der Waals surface area contributed by atoms with E-state index in [0.29, 0.717) is 35.7 Å². The van der Waals surface area contributed by atoms with E-state index in [1.165, 1.54) is 0 Å². The largest absolute Gasteiger partial charge is 0.299 e. The Morgan fingerprint density at radius 1 is 1.00 bits per heavy atom. The second-order valence-electron chi connectivity index (χ2n) is 9.28. The Kier molecular flexibility index (Phi) is 2.75. The number of allylic oxidation sites excluding steroid dienone is 1.